The van der Waals surface area contributed by atoms with Crippen molar-refractivity contribution in [3.63, 3.8) is 0 Å². The summed E-state index contributed by atoms with van der Waals surface area (Å²) in [5, 5.41) is 5.97. The van der Waals surface area contributed by atoms with E-state index in [1.54, 1.807) is 42.2 Å². The minimum Gasteiger partial charge on any atom is -0.349 e. The molecule has 1 aliphatic carbocycles. The number of hydrogen-bond acceptors (Lipinski definition) is 4. The molecule has 6 heteroatoms. The Morgan fingerprint density at radius 1 is 1.07 bits per heavy atom. The summed E-state index contributed by atoms with van der Waals surface area (Å²) in [6.07, 6.45) is 9.32. The Bertz CT molecular complexity index is 744. The lowest BCUT2D eigenvalue weighted by Crippen LogP contribution is -2.36. The number of nitrogens with one attached hydrogen (secondary N) is 2. The van der Waals surface area contributed by atoms with Crippen molar-refractivity contribution in [2.75, 3.05) is 11.1 Å². The second-order valence-corrected chi connectivity index (χ2v) is 7.77. The second kappa shape index (κ2) is 10.1. The maximum atomic E-state index is 12.3. The fourth-order valence-electron chi connectivity index (χ4n) is 3.16. The number of carbonyl (C=O) groups is 2. The molecule has 5 nitrogen and oxygen atoms in total. The van der Waals surface area contributed by atoms with Gasteiger partial charge in [-0.1, -0.05) is 25.3 Å². The molecule has 0 atom stereocenters. The quantitative estimate of drug-likeness (QED) is 0.758. The highest BCUT2D eigenvalue weighted by atomic mass is 32.2. The van der Waals surface area contributed by atoms with Gasteiger partial charge in [0.05, 0.1) is 5.75 Å². The lowest BCUT2D eigenvalue weighted by molar-refractivity contribution is -0.113. The lowest BCUT2D eigenvalue weighted by atomic mass is 9.95. The van der Waals surface area contributed by atoms with Gasteiger partial charge in [0, 0.05) is 35.4 Å². The van der Waals surface area contributed by atoms with Crippen LogP contribution in [-0.2, 0) is 10.5 Å². The summed E-state index contributed by atoms with van der Waals surface area (Å²) in [6, 6.07) is 11.3. The number of anilines is 1. The molecule has 0 unspecified atom stereocenters. The van der Waals surface area contributed by atoms with E-state index in [0.29, 0.717) is 23.0 Å². The number of amides is 2. The molecule has 1 fully saturated rings. The number of thioether (sulfide) groups is 1. The van der Waals surface area contributed by atoms with Gasteiger partial charge in [-0.25, -0.2) is 0 Å². The Morgan fingerprint density at radius 3 is 2.56 bits per heavy atom. The number of nitrogens with zero attached hydrogens (tertiary/aromatic N) is 1. The predicted molar refractivity (Wildman–Crippen MR) is 110 cm³/mol. The number of pyridine rings is 1. The van der Waals surface area contributed by atoms with Gasteiger partial charge >= 0.3 is 0 Å². The van der Waals surface area contributed by atoms with Gasteiger partial charge in [0.1, 0.15) is 0 Å². The van der Waals surface area contributed by atoms with Crippen molar-refractivity contribution in [1.82, 2.24) is 10.3 Å². The van der Waals surface area contributed by atoms with Crippen molar-refractivity contribution in [2.24, 2.45) is 0 Å². The molecule has 0 spiro atoms. The van der Waals surface area contributed by atoms with Crippen LogP contribution in [0.25, 0.3) is 0 Å². The molecule has 2 aromatic rings. The Morgan fingerprint density at radius 2 is 1.85 bits per heavy atom. The van der Waals surface area contributed by atoms with E-state index in [1.807, 2.05) is 18.3 Å². The highest BCUT2D eigenvalue weighted by molar-refractivity contribution is 7.99. The summed E-state index contributed by atoms with van der Waals surface area (Å²) >= 11 is 1.54. The van der Waals surface area contributed by atoms with Crippen molar-refractivity contribution in [1.29, 1.82) is 0 Å². The van der Waals surface area contributed by atoms with E-state index in [-0.39, 0.29) is 11.8 Å². The molecule has 3 rings (SSSR count). The van der Waals surface area contributed by atoms with Gasteiger partial charge in [-0.15, -0.1) is 11.8 Å². The summed E-state index contributed by atoms with van der Waals surface area (Å²) in [6.45, 7) is 0. The summed E-state index contributed by atoms with van der Waals surface area (Å²) < 4.78 is 0. The molecule has 1 heterocycles. The van der Waals surface area contributed by atoms with E-state index in [4.69, 9.17) is 0 Å². The van der Waals surface area contributed by atoms with Crippen molar-refractivity contribution in [3.05, 3.63) is 59.9 Å². The molecule has 1 aliphatic rings. The zero-order valence-electron chi connectivity index (χ0n) is 15.3. The average molecular weight is 384 g/mol. The van der Waals surface area contributed by atoms with Crippen molar-refractivity contribution in [3.8, 4) is 0 Å². The second-order valence-electron chi connectivity index (χ2n) is 6.79. The minimum absolute atomic E-state index is 0.0354. The van der Waals surface area contributed by atoms with E-state index >= 15 is 0 Å². The summed E-state index contributed by atoms with van der Waals surface area (Å²) in [7, 11) is 0. The first-order valence-corrected chi connectivity index (χ1v) is 10.5. The molecule has 0 bridgehead atoms. The Balaban J connectivity index is 1.42. The molecule has 1 aromatic carbocycles. The number of carbonyl (C=O) groups excluding carboxylic acids is 2. The van der Waals surface area contributed by atoms with Crippen LogP contribution in [-0.4, -0.2) is 28.6 Å². The number of aromatic nitrogens is 1. The Labute approximate surface area is 164 Å². The van der Waals surface area contributed by atoms with Gasteiger partial charge < -0.3 is 10.6 Å². The molecule has 1 aromatic heterocycles. The number of hydrogen-bond donors (Lipinski definition) is 2. The van der Waals surface area contributed by atoms with Gasteiger partial charge in [0.15, 0.2) is 0 Å². The van der Waals surface area contributed by atoms with Gasteiger partial charge in [0.25, 0.3) is 5.91 Å². The Hall–Kier alpha value is -2.34. The molecular formula is C21H25N3O2S. The van der Waals surface area contributed by atoms with Crippen LogP contribution < -0.4 is 10.6 Å². The summed E-state index contributed by atoms with van der Waals surface area (Å²) in [5.74, 6) is 1.04. The third kappa shape index (κ3) is 6.40. The van der Waals surface area contributed by atoms with Crippen molar-refractivity contribution in [2.45, 2.75) is 43.9 Å². The van der Waals surface area contributed by atoms with Crippen LogP contribution in [0.15, 0.2) is 48.8 Å². The predicted octanol–water partition coefficient (Wildman–Crippen LogP) is 4.02. The summed E-state index contributed by atoms with van der Waals surface area (Å²) in [5.41, 5.74) is 2.43. The normalized spacial score (nSPS) is 14.5. The molecule has 0 radical (unpaired) electrons. The average Bonchev–Trinajstić information content (AvgIpc) is 2.70. The van der Waals surface area contributed by atoms with E-state index < -0.39 is 0 Å². The van der Waals surface area contributed by atoms with Gasteiger partial charge in [-0.3, -0.25) is 14.6 Å². The van der Waals surface area contributed by atoms with Gasteiger partial charge in [-0.05, 0) is 48.7 Å². The monoisotopic (exact) mass is 383 g/mol. The first-order valence-electron chi connectivity index (χ1n) is 9.38. The molecule has 0 saturated heterocycles. The smallest absolute Gasteiger partial charge is 0.251 e. The number of benzene rings is 1. The fraction of sp³-hybridized carbons (Fsp3) is 0.381. The molecule has 2 amide bonds. The topological polar surface area (TPSA) is 71.1 Å². The third-order valence-electron chi connectivity index (χ3n) is 4.60. The zero-order valence-corrected chi connectivity index (χ0v) is 16.1. The highest BCUT2D eigenvalue weighted by Gasteiger charge is 2.16. The van der Waals surface area contributed by atoms with Crippen LogP contribution >= 0.6 is 11.8 Å². The maximum Gasteiger partial charge on any atom is 0.251 e. The van der Waals surface area contributed by atoms with E-state index in [1.165, 1.54) is 19.3 Å². The van der Waals surface area contributed by atoms with Crippen LogP contribution in [0.3, 0.4) is 0 Å². The van der Waals surface area contributed by atoms with Crippen LogP contribution in [0, 0.1) is 0 Å². The first-order chi connectivity index (χ1) is 13.2. The maximum absolute atomic E-state index is 12.3. The fourth-order valence-corrected chi connectivity index (χ4v) is 3.93. The molecule has 1 saturated carbocycles. The van der Waals surface area contributed by atoms with Crippen molar-refractivity contribution < 1.29 is 9.59 Å². The molecular weight excluding hydrogens is 358 g/mol. The number of rotatable bonds is 7. The molecule has 27 heavy (non-hydrogen) atoms. The Kier molecular flexibility index (Phi) is 7.27. The molecule has 142 valence electrons. The standard InChI is InChI=1S/C21H25N3O2S/c25-20(15-27-14-16-5-4-12-22-13-16)23-19-10-8-17(9-11-19)21(26)24-18-6-2-1-3-7-18/h4-5,8-13,18H,1-3,6-7,14-15H2,(H,23,25)(H,24,26). The van der Waals surface area contributed by atoms with E-state index in [2.05, 4.69) is 15.6 Å². The first kappa shape index (κ1) is 19.4. The molecule has 2 N–H and O–H groups in total. The van der Waals surface area contributed by atoms with Crippen molar-refractivity contribution >= 4 is 29.3 Å². The molecule has 0 aliphatic heterocycles. The van der Waals surface area contributed by atoms with E-state index in [9.17, 15) is 9.59 Å². The zero-order chi connectivity index (χ0) is 18.9. The van der Waals surface area contributed by atoms with Crippen LogP contribution in [0.5, 0.6) is 0 Å². The highest BCUT2D eigenvalue weighted by Crippen LogP contribution is 2.18. The van der Waals surface area contributed by atoms with Crippen LogP contribution in [0.2, 0.25) is 0 Å². The summed E-state index contributed by atoms with van der Waals surface area (Å²) in [4.78, 5) is 28.4. The largest absolute Gasteiger partial charge is 0.349 e. The van der Waals surface area contributed by atoms with Gasteiger partial charge in [-0.2, -0.15) is 0 Å². The van der Waals surface area contributed by atoms with Gasteiger partial charge in [0.2, 0.25) is 5.91 Å². The third-order valence-corrected chi connectivity index (χ3v) is 5.60. The minimum atomic E-state index is -0.0525. The van der Waals surface area contributed by atoms with E-state index in [0.717, 1.165) is 24.2 Å². The van der Waals surface area contributed by atoms with Crippen LogP contribution in [0.1, 0.15) is 48.0 Å². The SMILES string of the molecule is O=C(CSCc1cccnc1)Nc1ccc(C(=O)NC2CCCCC2)cc1. The van der Waals surface area contributed by atoms with Crippen LogP contribution in [0.4, 0.5) is 5.69 Å². The lowest BCUT2D eigenvalue weighted by Gasteiger charge is -2.22.